The number of nitrogens with two attached hydrogens (primary N) is 1. The molecular weight excluding hydrogens is 441 g/mol. The first kappa shape index (κ1) is 22.9. The van der Waals surface area contributed by atoms with Crippen LogP contribution in [0.5, 0.6) is 5.88 Å². The Hall–Kier alpha value is -1.73. The molecule has 11 heteroatoms. The first-order chi connectivity index (χ1) is 13.6. The summed E-state index contributed by atoms with van der Waals surface area (Å²) >= 11 is 0. The van der Waals surface area contributed by atoms with Gasteiger partial charge in [-0.05, 0) is 31.2 Å². The van der Waals surface area contributed by atoms with E-state index >= 15 is 0 Å². The second-order valence-corrected chi connectivity index (χ2v) is 7.95. The Balaban J connectivity index is 0.00000256. The van der Waals surface area contributed by atoms with Crippen molar-refractivity contribution in [3.05, 3.63) is 65.9 Å². The van der Waals surface area contributed by atoms with E-state index in [9.17, 15) is 22.3 Å². The number of sulfonamides is 1. The molecule has 0 aliphatic rings. The van der Waals surface area contributed by atoms with E-state index in [1.54, 1.807) is 6.92 Å². The summed E-state index contributed by atoms with van der Waals surface area (Å²) in [4.78, 5) is 4.39. The maximum atomic E-state index is 14.4. The fraction of sp³-hybridized carbons (Fsp3) is 0.0526. The number of aromatic hydroxyl groups is 1. The molecule has 4 rings (SSSR count). The summed E-state index contributed by atoms with van der Waals surface area (Å²) in [6.07, 6.45) is 0. The molecule has 2 aromatic carbocycles. The molecule has 0 saturated heterocycles. The SMILES string of the molecule is Cc1nn2c(O)cc(-c3ccc(S(N)(=O)=O)cc3)nc2c1-c1ccc(F)cc1F.[K]. The molecular formula is C19H14F2KN4O3S. The minimum atomic E-state index is -3.85. The van der Waals surface area contributed by atoms with Crippen LogP contribution in [0.3, 0.4) is 0 Å². The van der Waals surface area contributed by atoms with E-state index in [-0.39, 0.29) is 73.4 Å². The first-order valence-corrected chi connectivity index (χ1v) is 9.88. The smallest absolute Gasteiger partial charge is 0.238 e. The van der Waals surface area contributed by atoms with Gasteiger partial charge in [-0.15, -0.1) is 0 Å². The molecule has 0 saturated carbocycles. The van der Waals surface area contributed by atoms with E-state index in [4.69, 9.17) is 5.14 Å². The molecule has 0 fully saturated rings. The predicted octanol–water partition coefficient (Wildman–Crippen LogP) is 2.62. The topological polar surface area (TPSA) is 111 Å². The fourth-order valence-corrected chi connectivity index (χ4v) is 3.59. The molecule has 0 bridgehead atoms. The standard InChI is InChI=1S/C19H14F2N4O3S.K/c1-10-18(14-7-4-12(20)8-15(14)21)19-23-16(9-17(26)25(19)24-10)11-2-5-13(6-3-11)29(22,27)28;/h2-9,26H,1H3,(H2,22,27,28);. The summed E-state index contributed by atoms with van der Waals surface area (Å²) in [5.41, 5.74) is 1.76. The molecule has 0 spiro atoms. The zero-order valence-corrected chi connectivity index (χ0v) is 19.9. The van der Waals surface area contributed by atoms with Crippen LogP contribution >= 0.6 is 0 Å². The largest absolute Gasteiger partial charge is 0.493 e. The molecule has 0 atom stereocenters. The minimum absolute atomic E-state index is 0. The number of aryl methyl sites for hydroxylation is 1. The van der Waals surface area contributed by atoms with Gasteiger partial charge in [-0.3, -0.25) is 0 Å². The van der Waals surface area contributed by atoms with Gasteiger partial charge >= 0.3 is 0 Å². The van der Waals surface area contributed by atoms with Crippen molar-refractivity contribution in [2.24, 2.45) is 5.14 Å². The van der Waals surface area contributed by atoms with Gasteiger partial charge in [0.25, 0.3) is 0 Å². The molecule has 1 radical (unpaired) electrons. The maximum absolute atomic E-state index is 14.4. The molecule has 2 aromatic heterocycles. The average molecular weight is 456 g/mol. The maximum Gasteiger partial charge on any atom is 0.238 e. The van der Waals surface area contributed by atoms with Crippen molar-refractivity contribution in [2.45, 2.75) is 11.8 Å². The molecule has 0 aliphatic carbocycles. The summed E-state index contributed by atoms with van der Waals surface area (Å²) < 4.78 is 51.7. The van der Waals surface area contributed by atoms with Gasteiger partial charge in [-0.1, -0.05) is 12.1 Å². The number of primary sulfonamides is 1. The van der Waals surface area contributed by atoms with E-state index in [1.807, 2.05) is 0 Å². The van der Waals surface area contributed by atoms with Crippen LogP contribution in [0.1, 0.15) is 5.69 Å². The van der Waals surface area contributed by atoms with Gasteiger partial charge in [0.1, 0.15) is 11.6 Å². The Morgan fingerprint density at radius 3 is 2.33 bits per heavy atom. The number of nitrogens with zero attached hydrogens (tertiary/aromatic N) is 3. The molecule has 0 aliphatic heterocycles. The van der Waals surface area contributed by atoms with E-state index in [0.717, 1.165) is 16.6 Å². The van der Waals surface area contributed by atoms with Gasteiger partial charge in [-0.25, -0.2) is 27.3 Å². The second kappa shape index (κ2) is 8.42. The summed E-state index contributed by atoms with van der Waals surface area (Å²) in [7, 11) is -3.85. The van der Waals surface area contributed by atoms with Crippen LogP contribution in [0.25, 0.3) is 28.0 Å². The van der Waals surface area contributed by atoms with Gasteiger partial charge in [0.2, 0.25) is 15.9 Å². The Bertz CT molecular complexity index is 1370. The van der Waals surface area contributed by atoms with Crippen LogP contribution in [-0.2, 0) is 10.0 Å². The van der Waals surface area contributed by atoms with Gasteiger partial charge in [0.15, 0.2) is 5.65 Å². The van der Waals surface area contributed by atoms with Crippen molar-refractivity contribution in [1.29, 1.82) is 0 Å². The minimum Gasteiger partial charge on any atom is -0.493 e. The predicted molar refractivity (Wildman–Crippen MR) is 107 cm³/mol. The molecule has 0 unspecified atom stereocenters. The van der Waals surface area contributed by atoms with Crippen molar-refractivity contribution in [3.8, 4) is 28.3 Å². The number of aromatic nitrogens is 3. The van der Waals surface area contributed by atoms with Crippen LogP contribution in [-0.4, -0.2) is 79.5 Å². The van der Waals surface area contributed by atoms with E-state index in [2.05, 4.69) is 10.1 Å². The van der Waals surface area contributed by atoms with E-state index in [1.165, 1.54) is 36.4 Å². The zero-order valence-electron chi connectivity index (χ0n) is 16.0. The first-order valence-electron chi connectivity index (χ1n) is 8.33. The van der Waals surface area contributed by atoms with Crippen LogP contribution in [0.15, 0.2) is 53.4 Å². The number of fused-ring (bicyclic) bond motifs is 1. The number of rotatable bonds is 3. The monoisotopic (exact) mass is 455 g/mol. The zero-order chi connectivity index (χ0) is 20.9. The molecule has 3 N–H and O–H groups in total. The van der Waals surface area contributed by atoms with Crippen molar-refractivity contribution in [2.75, 3.05) is 0 Å². The van der Waals surface area contributed by atoms with Gasteiger partial charge in [0.05, 0.1) is 21.8 Å². The fourth-order valence-electron chi connectivity index (χ4n) is 3.08. The Morgan fingerprint density at radius 1 is 1.07 bits per heavy atom. The van der Waals surface area contributed by atoms with Gasteiger partial charge < -0.3 is 5.11 Å². The van der Waals surface area contributed by atoms with E-state index < -0.39 is 21.7 Å². The number of halogens is 2. The second-order valence-electron chi connectivity index (χ2n) is 6.39. The van der Waals surface area contributed by atoms with Crippen molar-refractivity contribution in [3.63, 3.8) is 0 Å². The van der Waals surface area contributed by atoms with Crippen LogP contribution in [0.2, 0.25) is 0 Å². The summed E-state index contributed by atoms with van der Waals surface area (Å²) in [5, 5.41) is 19.7. The van der Waals surface area contributed by atoms with Crippen LogP contribution in [0, 0.1) is 18.6 Å². The third-order valence-corrected chi connectivity index (χ3v) is 5.35. The number of hydrogen-bond acceptors (Lipinski definition) is 5. The third-order valence-electron chi connectivity index (χ3n) is 4.42. The summed E-state index contributed by atoms with van der Waals surface area (Å²) in [6, 6.07) is 10.1. The molecule has 0 amide bonds. The van der Waals surface area contributed by atoms with Crippen molar-refractivity contribution >= 4 is 67.1 Å². The van der Waals surface area contributed by atoms with Crippen molar-refractivity contribution in [1.82, 2.24) is 14.6 Å². The average Bonchev–Trinajstić information content (AvgIpc) is 2.98. The molecule has 2 heterocycles. The Labute approximate surface area is 213 Å². The number of benzene rings is 2. The summed E-state index contributed by atoms with van der Waals surface area (Å²) in [6.45, 7) is 1.62. The molecule has 149 valence electrons. The molecule has 4 aromatic rings. The third kappa shape index (κ3) is 4.19. The van der Waals surface area contributed by atoms with Crippen LogP contribution < -0.4 is 5.14 Å². The van der Waals surface area contributed by atoms with Gasteiger partial charge in [0, 0.05) is 74.6 Å². The Kier molecular flexibility index (Phi) is 6.44. The van der Waals surface area contributed by atoms with Gasteiger partial charge in [-0.2, -0.15) is 9.61 Å². The molecule has 30 heavy (non-hydrogen) atoms. The number of hydrogen-bond donors (Lipinski definition) is 2. The summed E-state index contributed by atoms with van der Waals surface area (Å²) in [5.74, 6) is -1.75. The Morgan fingerprint density at radius 2 is 1.73 bits per heavy atom. The molecule has 7 nitrogen and oxygen atoms in total. The quantitative estimate of drug-likeness (QED) is 0.462. The normalized spacial score (nSPS) is 11.5. The van der Waals surface area contributed by atoms with E-state index in [0.29, 0.717) is 22.5 Å². The van der Waals surface area contributed by atoms with Crippen LogP contribution in [0.4, 0.5) is 8.78 Å². The van der Waals surface area contributed by atoms with Crippen molar-refractivity contribution < 1.29 is 22.3 Å².